The van der Waals surface area contributed by atoms with Crippen LogP contribution in [0.4, 0.5) is 0 Å². The SMILES string of the molecule is C=CCC(O)C(C)C(=O)CC(O)CC(O)CC(O)C=CCC(O)CC(O)CC(O)CC(O)C=CCC(O)CC(O)CCCN. The van der Waals surface area contributed by atoms with Gasteiger partial charge in [0.05, 0.1) is 61.0 Å². The summed E-state index contributed by atoms with van der Waals surface area (Å²) in [6, 6.07) is 0. The summed E-state index contributed by atoms with van der Waals surface area (Å²) in [6.07, 6.45) is -0.983. The fraction of sp³-hybridized carbons (Fsp3) is 0.781. The summed E-state index contributed by atoms with van der Waals surface area (Å²) in [5.74, 6) is -1.02. The molecule has 0 aliphatic carbocycles. The molecule has 0 aromatic carbocycles. The summed E-state index contributed by atoms with van der Waals surface area (Å²) in [4.78, 5) is 12.2. The highest BCUT2D eigenvalue weighted by Gasteiger charge is 2.25. The first-order valence-corrected chi connectivity index (χ1v) is 15.7. The van der Waals surface area contributed by atoms with E-state index in [2.05, 4.69) is 6.58 Å². The maximum absolute atomic E-state index is 12.2. The molecular weight excluding hydrogens is 574 g/mol. The monoisotopic (exact) mass is 633 g/mol. The first-order valence-electron chi connectivity index (χ1n) is 15.7. The second kappa shape index (κ2) is 24.7. The normalized spacial score (nSPS) is 20.0. The van der Waals surface area contributed by atoms with Crippen LogP contribution in [0.3, 0.4) is 0 Å². The Morgan fingerprint density at radius 2 is 1.07 bits per heavy atom. The molecule has 11 atom stereocenters. The van der Waals surface area contributed by atoms with Crippen LogP contribution in [0.5, 0.6) is 0 Å². The number of aliphatic hydroxyl groups excluding tert-OH is 10. The predicted molar refractivity (Wildman–Crippen MR) is 167 cm³/mol. The Kier molecular flexibility index (Phi) is 23.8. The molecule has 0 aromatic heterocycles. The van der Waals surface area contributed by atoms with Gasteiger partial charge in [-0.1, -0.05) is 37.3 Å². The first-order chi connectivity index (χ1) is 20.7. The van der Waals surface area contributed by atoms with Gasteiger partial charge in [0.15, 0.2) is 0 Å². The number of aliphatic hydroxyl groups is 10. The molecule has 11 unspecified atom stereocenters. The lowest BCUT2D eigenvalue weighted by Gasteiger charge is -2.20. The maximum Gasteiger partial charge on any atom is 0.140 e. The standard InChI is InChI=1S/C32H59NO11/c1-3-7-31(43)21(2)32(44)20-30(42)19-29(41)17-25(37)11-5-10-24(36)16-28(40)18-27(39)15-23(35)9-4-8-22(34)14-26(38)12-6-13-33/h3-5,9,11,21-31,34-43H,1,6-8,10,12-20,33H2,2H3. The summed E-state index contributed by atoms with van der Waals surface area (Å²) in [7, 11) is 0. The largest absolute Gasteiger partial charge is 0.393 e. The van der Waals surface area contributed by atoms with Crippen LogP contribution >= 0.6 is 0 Å². The minimum Gasteiger partial charge on any atom is -0.393 e. The zero-order chi connectivity index (χ0) is 33.7. The van der Waals surface area contributed by atoms with Crippen molar-refractivity contribution in [1.82, 2.24) is 0 Å². The first kappa shape index (κ1) is 42.5. The van der Waals surface area contributed by atoms with Crippen LogP contribution < -0.4 is 5.73 Å². The Balaban J connectivity index is 4.32. The molecule has 0 spiro atoms. The molecule has 12 N–H and O–H groups in total. The molecule has 12 nitrogen and oxygen atoms in total. The van der Waals surface area contributed by atoms with Crippen LogP contribution in [-0.2, 0) is 4.79 Å². The zero-order valence-corrected chi connectivity index (χ0v) is 26.1. The number of hydrogen-bond acceptors (Lipinski definition) is 12. The van der Waals surface area contributed by atoms with Crippen molar-refractivity contribution in [2.24, 2.45) is 11.7 Å². The zero-order valence-electron chi connectivity index (χ0n) is 26.1. The quantitative estimate of drug-likeness (QED) is 0.0524. The van der Waals surface area contributed by atoms with Crippen LogP contribution in [-0.4, -0.2) is 124 Å². The van der Waals surface area contributed by atoms with Crippen molar-refractivity contribution in [1.29, 1.82) is 0 Å². The van der Waals surface area contributed by atoms with Gasteiger partial charge in [-0.3, -0.25) is 4.79 Å². The van der Waals surface area contributed by atoms with Crippen molar-refractivity contribution in [3.8, 4) is 0 Å². The van der Waals surface area contributed by atoms with Crippen LogP contribution in [0.15, 0.2) is 37.0 Å². The van der Waals surface area contributed by atoms with Crippen molar-refractivity contribution in [3.63, 3.8) is 0 Å². The van der Waals surface area contributed by atoms with Gasteiger partial charge < -0.3 is 56.8 Å². The number of carbonyl (C=O) groups excluding carboxylic acids is 1. The number of rotatable bonds is 27. The summed E-state index contributed by atoms with van der Waals surface area (Å²) < 4.78 is 0. The molecule has 0 saturated carbocycles. The van der Waals surface area contributed by atoms with Gasteiger partial charge in [0.25, 0.3) is 0 Å². The van der Waals surface area contributed by atoms with E-state index in [0.717, 1.165) is 0 Å². The highest BCUT2D eigenvalue weighted by molar-refractivity contribution is 5.81. The number of nitrogens with two attached hydrogens (primary N) is 1. The number of Topliss-reactive ketones (excluding diaryl/α,β-unsaturated/α-hetero) is 1. The van der Waals surface area contributed by atoms with Crippen molar-refractivity contribution in [2.75, 3.05) is 6.54 Å². The van der Waals surface area contributed by atoms with E-state index >= 15 is 0 Å². The number of hydrogen-bond donors (Lipinski definition) is 11. The number of ketones is 1. The molecule has 12 heteroatoms. The van der Waals surface area contributed by atoms with Gasteiger partial charge in [0.1, 0.15) is 5.78 Å². The Hall–Kier alpha value is -1.55. The summed E-state index contributed by atoms with van der Waals surface area (Å²) >= 11 is 0. The average Bonchev–Trinajstić information content (AvgIpc) is 2.90. The molecule has 0 aromatic rings. The molecule has 0 amide bonds. The lowest BCUT2D eigenvalue weighted by Crippen LogP contribution is -2.30. The van der Waals surface area contributed by atoms with Gasteiger partial charge in [-0.15, -0.1) is 6.58 Å². The third kappa shape index (κ3) is 22.0. The molecule has 0 aliphatic rings. The Morgan fingerprint density at radius 3 is 1.55 bits per heavy atom. The molecule has 0 saturated heterocycles. The Morgan fingerprint density at radius 1 is 0.636 bits per heavy atom. The van der Waals surface area contributed by atoms with E-state index in [1.807, 2.05) is 0 Å². The minimum absolute atomic E-state index is 0.0492. The van der Waals surface area contributed by atoms with Gasteiger partial charge in [-0.05, 0) is 64.3 Å². The van der Waals surface area contributed by atoms with E-state index in [9.17, 15) is 55.9 Å². The summed E-state index contributed by atoms with van der Waals surface area (Å²) in [5, 5.41) is 101. The van der Waals surface area contributed by atoms with E-state index in [1.54, 1.807) is 13.0 Å². The minimum atomic E-state index is -1.13. The van der Waals surface area contributed by atoms with Gasteiger partial charge in [-0.25, -0.2) is 0 Å². The third-order valence-corrected chi connectivity index (χ3v) is 7.41. The fourth-order valence-corrected chi connectivity index (χ4v) is 4.80. The average molecular weight is 634 g/mol. The van der Waals surface area contributed by atoms with Gasteiger partial charge >= 0.3 is 0 Å². The second-order valence-corrected chi connectivity index (χ2v) is 11.9. The highest BCUT2D eigenvalue weighted by atomic mass is 16.3. The lowest BCUT2D eigenvalue weighted by molar-refractivity contribution is -0.127. The van der Waals surface area contributed by atoms with E-state index in [1.165, 1.54) is 24.3 Å². The molecule has 44 heavy (non-hydrogen) atoms. The molecule has 0 heterocycles. The molecule has 258 valence electrons. The van der Waals surface area contributed by atoms with E-state index in [0.29, 0.717) is 19.4 Å². The smallest absolute Gasteiger partial charge is 0.140 e. The fourth-order valence-electron chi connectivity index (χ4n) is 4.80. The summed E-state index contributed by atoms with van der Waals surface area (Å²) in [6.45, 7) is 5.54. The van der Waals surface area contributed by atoms with Crippen molar-refractivity contribution in [2.45, 2.75) is 145 Å². The van der Waals surface area contributed by atoms with Crippen molar-refractivity contribution < 1.29 is 55.9 Å². The lowest BCUT2D eigenvalue weighted by atomic mass is 9.92. The van der Waals surface area contributed by atoms with E-state index in [4.69, 9.17) is 5.73 Å². The van der Waals surface area contributed by atoms with E-state index in [-0.39, 0.29) is 70.0 Å². The predicted octanol–water partition coefficient (Wildman–Crippen LogP) is -0.261. The number of carbonyl (C=O) groups is 1. The van der Waals surface area contributed by atoms with Crippen LogP contribution in [0, 0.1) is 5.92 Å². The molecule has 0 aliphatic heterocycles. The molecule has 0 radical (unpaired) electrons. The van der Waals surface area contributed by atoms with Gasteiger partial charge in [0.2, 0.25) is 0 Å². The molecular formula is C32H59NO11. The molecule has 0 rings (SSSR count). The molecule has 0 bridgehead atoms. The Labute approximate surface area is 261 Å². The summed E-state index contributed by atoms with van der Waals surface area (Å²) in [5.41, 5.74) is 5.40. The third-order valence-electron chi connectivity index (χ3n) is 7.41. The Bertz CT molecular complexity index is 811. The van der Waals surface area contributed by atoms with E-state index < -0.39 is 67.0 Å². The van der Waals surface area contributed by atoms with Crippen LogP contribution in [0.25, 0.3) is 0 Å². The highest BCUT2D eigenvalue weighted by Crippen LogP contribution is 2.17. The maximum atomic E-state index is 12.2. The van der Waals surface area contributed by atoms with Crippen LogP contribution in [0.1, 0.15) is 84.0 Å². The van der Waals surface area contributed by atoms with Gasteiger partial charge in [-0.2, -0.15) is 0 Å². The van der Waals surface area contributed by atoms with Crippen LogP contribution in [0.2, 0.25) is 0 Å². The van der Waals surface area contributed by atoms with Gasteiger partial charge in [0, 0.05) is 25.2 Å². The molecule has 0 fully saturated rings. The van der Waals surface area contributed by atoms with Crippen molar-refractivity contribution in [3.05, 3.63) is 37.0 Å². The second-order valence-electron chi connectivity index (χ2n) is 11.9. The van der Waals surface area contributed by atoms with Crippen molar-refractivity contribution >= 4 is 5.78 Å². The topological polar surface area (TPSA) is 245 Å².